The number of carbonyl (C=O) groups is 2. The summed E-state index contributed by atoms with van der Waals surface area (Å²) in [6.07, 6.45) is 1.24. The Morgan fingerprint density at radius 3 is 2.42 bits per heavy atom. The van der Waals surface area contributed by atoms with Gasteiger partial charge in [-0.1, -0.05) is 48.5 Å². The maximum Gasteiger partial charge on any atom is 0.281 e. The fourth-order valence-corrected chi connectivity index (χ4v) is 3.78. The lowest BCUT2D eigenvalue weighted by atomic mass is 9.98. The van der Waals surface area contributed by atoms with Crippen molar-refractivity contribution >= 4 is 17.9 Å². The van der Waals surface area contributed by atoms with Crippen LogP contribution in [0.5, 0.6) is 17.2 Å². The van der Waals surface area contributed by atoms with Crippen molar-refractivity contribution in [2.75, 3.05) is 20.8 Å². The molecule has 0 fully saturated rings. The molecule has 1 aliphatic heterocycles. The molecule has 1 unspecified atom stereocenters. The largest absolute Gasteiger partial charge is 0.493 e. The molecular formula is C26H24N2O5. The number of rotatable bonds is 8. The second-order valence-electron chi connectivity index (χ2n) is 7.43. The third-order valence-electron chi connectivity index (χ3n) is 5.46. The van der Waals surface area contributed by atoms with E-state index < -0.39 is 0 Å². The number of benzene rings is 3. The number of ether oxygens (including phenoxy) is 3. The number of hydrogen-bond donors (Lipinski definition) is 0. The fourth-order valence-electron chi connectivity index (χ4n) is 3.78. The van der Waals surface area contributed by atoms with Crippen molar-refractivity contribution < 1.29 is 23.8 Å². The second kappa shape index (κ2) is 9.99. The third kappa shape index (κ3) is 4.72. The number of hydrogen-bond acceptors (Lipinski definition) is 6. The van der Waals surface area contributed by atoms with Gasteiger partial charge in [0, 0.05) is 6.42 Å². The quantitative estimate of drug-likeness (QED) is 0.485. The first kappa shape index (κ1) is 22.1. The monoisotopic (exact) mass is 444 g/mol. The molecule has 1 heterocycles. The van der Waals surface area contributed by atoms with Crippen LogP contribution in [0.3, 0.4) is 0 Å². The molecule has 168 valence electrons. The van der Waals surface area contributed by atoms with Gasteiger partial charge in [0.1, 0.15) is 5.75 Å². The molecule has 0 saturated carbocycles. The lowest BCUT2D eigenvalue weighted by Gasteiger charge is -2.23. The Kier molecular flexibility index (Phi) is 6.69. The number of carbonyl (C=O) groups excluding carboxylic acids is 2. The lowest BCUT2D eigenvalue weighted by Crippen LogP contribution is -2.31. The van der Waals surface area contributed by atoms with Crippen LogP contribution in [0.15, 0.2) is 77.9 Å². The highest BCUT2D eigenvalue weighted by molar-refractivity contribution is 6.03. The van der Waals surface area contributed by atoms with Crippen LogP contribution in [0.25, 0.3) is 0 Å². The van der Waals surface area contributed by atoms with Gasteiger partial charge in [-0.2, -0.15) is 5.10 Å². The molecule has 1 amide bonds. The molecule has 1 aliphatic rings. The molecule has 0 bridgehead atoms. The van der Waals surface area contributed by atoms with Gasteiger partial charge in [0.25, 0.3) is 5.91 Å². The second-order valence-corrected chi connectivity index (χ2v) is 7.43. The van der Waals surface area contributed by atoms with Crippen LogP contribution in [0.2, 0.25) is 0 Å². The summed E-state index contributed by atoms with van der Waals surface area (Å²) in [6, 6.07) is 21.8. The molecule has 4 rings (SSSR count). The van der Waals surface area contributed by atoms with E-state index in [-0.39, 0.29) is 18.6 Å². The minimum Gasteiger partial charge on any atom is -0.493 e. The van der Waals surface area contributed by atoms with Gasteiger partial charge in [0.15, 0.2) is 24.4 Å². The molecule has 7 nitrogen and oxygen atoms in total. The summed E-state index contributed by atoms with van der Waals surface area (Å²) in [5.74, 6) is 1.22. The molecular weight excluding hydrogens is 420 g/mol. The Labute approximate surface area is 192 Å². The highest BCUT2D eigenvalue weighted by Gasteiger charge is 2.34. The van der Waals surface area contributed by atoms with Gasteiger partial charge in [-0.25, -0.2) is 5.01 Å². The zero-order valence-electron chi connectivity index (χ0n) is 18.4. The SMILES string of the molecule is COc1ccc(C2CC(c3ccccc3)=NN2C(=O)COc2ccccc2C=O)cc1OC. The Morgan fingerprint density at radius 2 is 1.70 bits per heavy atom. The van der Waals surface area contributed by atoms with Crippen LogP contribution in [-0.4, -0.2) is 43.7 Å². The fraction of sp³-hybridized carbons (Fsp3) is 0.192. The number of hydrazone groups is 1. The van der Waals surface area contributed by atoms with E-state index in [2.05, 4.69) is 5.10 Å². The van der Waals surface area contributed by atoms with E-state index in [1.807, 2.05) is 48.5 Å². The standard InChI is InChI=1S/C26H24N2O5/c1-31-24-13-12-19(14-25(24)32-2)22-15-21(18-8-4-3-5-9-18)27-28(22)26(30)17-33-23-11-7-6-10-20(23)16-29/h3-14,16,22H,15,17H2,1-2H3. The average molecular weight is 444 g/mol. The molecule has 3 aromatic rings. The van der Waals surface area contributed by atoms with Crippen molar-refractivity contribution in [1.82, 2.24) is 5.01 Å². The minimum absolute atomic E-state index is 0.250. The van der Waals surface area contributed by atoms with E-state index in [9.17, 15) is 9.59 Å². The molecule has 3 aromatic carbocycles. The van der Waals surface area contributed by atoms with Crippen molar-refractivity contribution in [3.63, 3.8) is 0 Å². The number of aldehydes is 1. The summed E-state index contributed by atoms with van der Waals surface area (Å²) in [5.41, 5.74) is 3.00. The number of amides is 1. The molecule has 0 spiro atoms. The van der Waals surface area contributed by atoms with E-state index in [1.54, 1.807) is 38.5 Å². The predicted octanol–water partition coefficient (Wildman–Crippen LogP) is 4.27. The molecule has 7 heteroatoms. The normalized spacial score (nSPS) is 15.0. The maximum absolute atomic E-state index is 13.2. The van der Waals surface area contributed by atoms with Crippen molar-refractivity contribution in [2.24, 2.45) is 5.10 Å². The Balaban J connectivity index is 1.62. The Hall–Kier alpha value is -4.13. The maximum atomic E-state index is 13.2. The highest BCUT2D eigenvalue weighted by Crippen LogP contribution is 2.37. The summed E-state index contributed by atoms with van der Waals surface area (Å²) < 4.78 is 16.5. The zero-order chi connectivity index (χ0) is 23.2. The molecule has 0 saturated heterocycles. The van der Waals surface area contributed by atoms with Crippen LogP contribution in [0.1, 0.15) is 33.9 Å². The number of para-hydroxylation sites is 1. The molecule has 0 radical (unpaired) electrons. The van der Waals surface area contributed by atoms with E-state index in [1.165, 1.54) is 5.01 Å². The van der Waals surface area contributed by atoms with Gasteiger partial charge in [-0.15, -0.1) is 0 Å². The van der Waals surface area contributed by atoms with Crippen molar-refractivity contribution in [3.05, 3.63) is 89.5 Å². The zero-order valence-corrected chi connectivity index (χ0v) is 18.4. The van der Waals surface area contributed by atoms with Gasteiger partial charge in [0.05, 0.1) is 31.5 Å². The van der Waals surface area contributed by atoms with Gasteiger partial charge >= 0.3 is 0 Å². The van der Waals surface area contributed by atoms with E-state index >= 15 is 0 Å². The van der Waals surface area contributed by atoms with E-state index in [4.69, 9.17) is 14.2 Å². The van der Waals surface area contributed by atoms with E-state index in [0.717, 1.165) is 16.8 Å². The van der Waals surface area contributed by atoms with Crippen molar-refractivity contribution in [2.45, 2.75) is 12.5 Å². The highest BCUT2D eigenvalue weighted by atomic mass is 16.5. The molecule has 33 heavy (non-hydrogen) atoms. The predicted molar refractivity (Wildman–Crippen MR) is 124 cm³/mol. The van der Waals surface area contributed by atoms with Gasteiger partial charge in [0.2, 0.25) is 0 Å². The van der Waals surface area contributed by atoms with Crippen molar-refractivity contribution in [1.29, 1.82) is 0 Å². The molecule has 1 atom stereocenters. The van der Waals surface area contributed by atoms with Gasteiger partial charge in [-0.3, -0.25) is 9.59 Å². The summed E-state index contributed by atoms with van der Waals surface area (Å²) in [4.78, 5) is 24.5. The lowest BCUT2D eigenvalue weighted by molar-refractivity contribution is -0.135. The number of methoxy groups -OCH3 is 2. The first-order chi connectivity index (χ1) is 16.1. The number of nitrogens with zero attached hydrogens (tertiary/aromatic N) is 2. The van der Waals surface area contributed by atoms with Crippen LogP contribution in [-0.2, 0) is 4.79 Å². The van der Waals surface area contributed by atoms with Crippen molar-refractivity contribution in [3.8, 4) is 17.2 Å². The van der Waals surface area contributed by atoms with Gasteiger partial charge < -0.3 is 14.2 Å². The Morgan fingerprint density at radius 1 is 0.970 bits per heavy atom. The first-order valence-corrected chi connectivity index (χ1v) is 10.5. The van der Waals surface area contributed by atoms with E-state index in [0.29, 0.717) is 35.5 Å². The smallest absolute Gasteiger partial charge is 0.281 e. The van der Waals surface area contributed by atoms with Crippen LogP contribution >= 0.6 is 0 Å². The minimum atomic E-state index is -0.336. The summed E-state index contributed by atoms with van der Waals surface area (Å²) in [5, 5.41) is 6.10. The summed E-state index contributed by atoms with van der Waals surface area (Å²) >= 11 is 0. The van der Waals surface area contributed by atoms with Crippen LogP contribution in [0.4, 0.5) is 0 Å². The first-order valence-electron chi connectivity index (χ1n) is 10.5. The summed E-state index contributed by atoms with van der Waals surface area (Å²) in [7, 11) is 3.15. The Bertz CT molecular complexity index is 1180. The van der Waals surface area contributed by atoms with Crippen LogP contribution < -0.4 is 14.2 Å². The topological polar surface area (TPSA) is 77.4 Å². The molecule has 0 aliphatic carbocycles. The third-order valence-corrected chi connectivity index (χ3v) is 5.46. The van der Waals surface area contributed by atoms with Gasteiger partial charge in [-0.05, 0) is 35.4 Å². The average Bonchev–Trinajstić information content (AvgIpc) is 3.33. The van der Waals surface area contributed by atoms with Crippen LogP contribution in [0, 0.1) is 0 Å². The molecule has 0 aromatic heterocycles. The molecule has 0 N–H and O–H groups in total. The summed E-state index contributed by atoms with van der Waals surface area (Å²) in [6.45, 7) is -0.250.